The summed E-state index contributed by atoms with van der Waals surface area (Å²) in [5.41, 5.74) is 3.48. The molecule has 0 spiro atoms. The van der Waals surface area contributed by atoms with Crippen LogP contribution in [0.2, 0.25) is 0 Å². The smallest absolute Gasteiger partial charge is 0.238 e. The van der Waals surface area contributed by atoms with Gasteiger partial charge < -0.3 is 10.6 Å². The Morgan fingerprint density at radius 3 is 2.30 bits per heavy atom. The van der Waals surface area contributed by atoms with Crippen molar-refractivity contribution < 1.29 is 13.6 Å². The molecule has 0 aliphatic rings. The summed E-state index contributed by atoms with van der Waals surface area (Å²) >= 11 is 0. The van der Waals surface area contributed by atoms with E-state index in [1.54, 1.807) is 6.92 Å². The van der Waals surface area contributed by atoms with E-state index in [0.29, 0.717) is 5.56 Å². The minimum absolute atomic E-state index is 0.0765. The number of amides is 1. The van der Waals surface area contributed by atoms with E-state index in [1.165, 1.54) is 6.07 Å². The maximum atomic E-state index is 13.2. The summed E-state index contributed by atoms with van der Waals surface area (Å²) in [7, 11) is 0. The number of hydrogen-bond acceptors (Lipinski definition) is 2. The monoisotopic (exact) mass is 318 g/mol. The Kier molecular flexibility index (Phi) is 5.45. The number of aryl methyl sites for hydroxylation is 2. The molecular weight excluding hydrogens is 298 g/mol. The first-order valence-electron chi connectivity index (χ1n) is 7.41. The van der Waals surface area contributed by atoms with Crippen molar-refractivity contribution in [2.45, 2.75) is 26.8 Å². The predicted molar refractivity (Wildman–Crippen MR) is 87.3 cm³/mol. The SMILES string of the molecule is Cc1cc(C)cc(NC(=O)CN[C@H](C)c2ccc(F)c(F)c2)c1. The lowest BCUT2D eigenvalue weighted by molar-refractivity contribution is -0.115. The standard InChI is InChI=1S/C18H20F2N2O/c1-11-6-12(2)8-15(7-11)22-18(23)10-21-13(3)14-4-5-16(19)17(20)9-14/h4-9,13,21H,10H2,1-3H3,(H,22,23)/t13-/m1/s1. The summed E-state index contributed by atoms with van der Waals surface area (Å²) in [4.78, 5) is 12.0. The van der Waals surface area contributed by atoms with Crippen LogP contribution in [-0.2, 0) is 4.79 Å². The van der Waals surface area contributed by atoms with Crippen molar-refractivity contribution in [3.05, 3.63) is 64.7 Å². The summed E-state index contributed by atoms with van der Waals surface area (Å²) in [5, 5.41) is 5.81. The zero-order chi connectivity index (χ0) is 17.0. The van der Waals surface area contributed by atoms with Crippen LogP contribution in [0.4, 0.5) is 14.5 Å². The zero-order valence-electron chi connectivity index (χ0n) is 13.4. The molecule has 0 heterocycles. The molecule has 5 heteroatoms. The number of carbonyl (C=O) groups excluding carboxylic acids is 1. The van der Waals surface area contributed by atoms with Gasteiger partial charge >= 0.3 is 0 Å². The van der Waals surface area contributed by atoms with Crippen molar-refractivity contribution in [2.24, 2.45) is 0 Å². The van der Waals surface area contributed by atoms with Gasteiger partial charge in [-0.15, -0.1) is 0 Å². The summed E-state index contributed by atoms with van der Waals surface area (Å²) in [5.74, 6) is -1.96. The number of halogens is 2. The van der Waals surface area contributed by atoms with Gasteiger partial charge in [0, 0.05) is 11.7 Å². The molecule has 3 nitrogen and oxygen atoms in total. The second-order valence-corrected chi connectivity index (χ2v) is 5.70. The van der Waals surface area contributed by atoms with E-state index in [1.807, 2.05) is 32.0 Å². The Labute approximate surface area is 134 Å². The Morgan fingerprint density at radius 2 is 1.70 bits per heavy atom. The highest BCUT2D eigenvalue weighted by Crippen LogP contribution is 2.16. The van der Waals surface area contributed by atoms with Gasteiger partial charge in [0.25, 0.3) is 0 Å². The Balaban J connectivity index is 1.91. The van der Waals surface area contributed by atoms with E-state index in [4.69, 9.17) is 0 Å². The first-order chi connectivity index (χ1) is 10.8. The lowest BCUT2D eigenvalue weighted by atomic mass is 10.1. The Bertz CT molecular complexity index is 696. The molecule has 1 amide bonds. The topological polar surface area (TPSA) is 41.1 Å². The first kappa shape index (κ1) is 17.1. The quantitative estimate of drug-likeness (QED) is 0.878. The molecular formula is C18H20F2N2O. The lowest BCUT2D eigenvalue weighted by Gasteiger charge is -2.15. The van der Waals surface area contributed by atoms with Crippen LogP contribution in [0.15, 0.2) is 36.4 Å². The van der Waals surface area contributed by atoms with E-state index in [2.05, 4.69) is 10.6 Å². The second kappa shape index (κ2) is 7.33. The summed E-state index contributed by atoms with van der Waals surface area (Å²) in [6.45, 7) is 5.79. The number of anilines is 1. The molecule has 0 radical (unpaired) electrons. The highest BCUT2D eigenvalue weighted by atomic mass is 19.2. The van der Waals surface area contributed by atoms with Crippen molar-refractivity contribution in [1.29, 1.82) is 0 Å². The van der Waals surface area contributed by atoms with Gasteiger partial charge in [0.1, 0.15) is 0 Å². The summed E-state index contributed by atoms with van der Waals surface area (Å²) in [6.07, 6.45) is 0. The third-order valence-electron chi connectivity index (χ3n) is 3.52. The number of benzene rings is 2. The first-order valence-corrected chi connectivity index (χ1v) is 7.41. The van der Waals surface area contributed by atoms with Crippen molar-refractivity contribution in [1.82, 2.24) is 5.32 Å². The molecule has 0 fully saturated rings. The molecule has 0 saturated carbocycles. The Morgan fingerprint density at radius 1 is 1.04 bits per heavy atom. The minimum Gasteiger partial charge on any atom is -0.325 e. The van der Waals surface area contributed by atoms with Crippen LogP contribution in [0, 0.1) is 25.5 Å². The largest absolute Gasteiger partial charge is 0.325 e. The van der Waals surface area contributed by atoms with E-state index < -0.39 is 11.6 Å². The minimum atomic E-state index is -0.893. The highest BCUT2D eigenvalue weighted by Gasteiger charge is 2.11. The average Bonchev–Trinajstić information content (AvgIpc) is 2.46. The molecule has 0 aliphatic carbocycles. The summed E-state index contributed by atoms with van der Waals surface area (Å²) in [6, 6.07) is 9.26. The predicted octanol–water partition coefficient (Wildman–Crippen LogP) is 3.87. The molecule has 23 heavy (non-hydrogen) atoms. The lowest BCUT2D eigenvalue weighted by Crippen LogP contribution is -2.30. The van der Waals surface area contributed by atoms with E-state index in [-0.39, 0.29) is 18.5 Å². The van der Waals surface area contributed by atoms with E-state index in [9.17, 15) is 13.6 Å². The van der Waals surface area contributed by atoms with Crippen LogP contribution in [0.25, 0.3) is 0 Å². The van der Waals surface area contributed by atoms with Crippen LogP contribution < -0.4 is 10.6 Å². The summed E-state index contributed by atoms with van der Waals surface area (Å²) < 4.78 is 26.1. The molecule has 122 valence electrons. The number of hydrogen-bond donors (Lipinski definition) is 2. The van der Waals surface area contributed by atoms with Gasteiger partial charge in [0.2, 0.25) is 5.91 Å². The van der Waals surface area contributed by atoms with E-state index in [0.717, 1.165) is 28.9 Å². The van der Waals surface area contributed by atoms with Crippen LogP contribution in [-0.4, -0.2) is 12.5 Å². The normalized spacial score (nSPS) is 12.0. The number of carbonyl (C=O) groups is 1. The van der Waals surface area contributed by atoms with Crippen molar-refractivity contribution in [3.8, 4) is 0 Å². The van der Waals surface area contributed by atoms with Gasteiger partial charge in [-0.25, -0.2) is 8.78 Å². The molecule has 0 aromatic heterocycles. The van der Waals surface area contributed by atoms with Crippen LogP contribution in [0.5, 0.6) is 0 Å². The fourth-order valence-corrected chi connectivity index (χ4v) is 2.40. The molecule has 2 rings (SSSR count). The van der Waals surface area contributed by atoms with Crippen molar-refractivity contribution in [2.75, 3.05) is 11.9 Å². The molecule has 0 bridgehead atoms. The molecule has 2 aromatic rings. The van der Waals surface area contributed by atoms with Crippen LogP contribution in [0.1, 0.15) is 29.7 Å². The van der Waals surface area contributed by atoms with Gasteiger partial charge in [-0.2, -0.15) is 0 Å². The fourth-order valence-electron chi connectivity index (χ4n) is 2.40. The molecule has 0 aliphatic heterocycles. The van der Waals surface area contributed by atoms with Gasteiger partial charge in [0.05, 0.1) is 6.54 Å². The third-order valence-corrected chi connectivity index (χ3v) is 3.52. The maximum absolute atomic E-state index is 13.2. The van der Waals surface area contributed by atoms with Gasteiger partial charge in [-0.05, 0) is 61.7 Å². The molecule has 2 aromatic carbocycles. The molecule has 0 unspecified atom stereocenters. The fraction of sp³-hybridized carbons (Fsp3) is 0.278. The zero-order valence-corrected chi connectivity index (χ0v) is 13.4. The van der Waals surface area contributed by atoms with Crippen LogP contribution in [0.3, 0.4) is 0 Å². The molecule has 1 atom stereocenters. The number of rotatable bonds is 5. The second-order valence-electron chi connectivity index (χ2n) is 5.70. The average molecular weight is 318 g/mol. The van der Waals surface area contributed by atoms with Gasteiger partial charge in [0.15, 0.2) is 11.6 Å². The van der Waals surface area contributed by atoms with Crippen molar-refractivity contribution >= 4 is 11.6 Å². The Hall–Kier alpha value is -2.27. The molecule has 2 N–H and O–H groups in total. The van der Waals surface area contributed by atoms with Crippen LogP contribution >= 0.6 is 0 Å². The van der Waals surface area contributed by atoms with E-state index >= 15 is 0 Å². The van der Waals surface area contributed by atoms with Crippen molar-refractivity contribution in [3.63, 3.8) is 0 Å². The van der Waals surface area contributed by atoms with Gasteiger partial charge in [-0.1, -0.05) is 12.1 Å². The number of nitrogens with one attached hydrogen (secondary N) is 2. The third kappa shape index (κ3) is 4.86. The highest BCUT2D eigenvalue weighted by molar-refractivity contribution is 5.92. The molecule has 0 saturated heterocycles. The maximum Gasteiger partial charge on any atom is 0.238 e. The van der Waals surface area contributed by atoms with Gasteiger partial charge in [-0.3, -0.25) is 4.79 Å².